The van der Waals surface area contributed by atoms with Crippen molar-refractivity contribution in [3.63, 3.8) is 0 Å². The van der Waals surface area contributed by atoms with Crippen LogP contribution in [-0.4, -0.2) is 19.9 Å². The molecule has 7 rings (SSSR count). The van der Waals surface area contributed by atoms with E-state index in [9.17, 15) is 0 Å². The number of aromatic nitrogens is 4. The summed E-state index contributed by atoms with van der Waals surface area (Å²) in [6.07, 6.45) is 1.95. The van der Waals surface area contributed by atoms with Crippen LogP contribution in [0.25, 0.3) is 66.0 Å². The van der Waals surface area contributed by atoms with Crippen LogP contribution in [0.5, 0.6) is 0 Å². The van der Waals surface area contributed by atoms with Crippen molar-refractivity contribution < 1.29 is 0 Å². The van der Waals surface area contributed by atoms with E-state index >= 15 is 0 Å². The summed E-state index contributed by atoms with van der Waals surface area (Å²) in [6.45, 7) is 4.05. The monoisotopic (exact) mass is 462 g/mol. The largest absolute Gasteiger partial charge is 0.254 e. The van der Waals surface area contributed by atoms with Crippen LogP contribution in [0.3, 0.4) is 0 Å². The van der Waals surface area contributed by atoms with Gasteiger partial charge in [-0.1, -0.05) is 66.7 Å². The summed E-state index contributed by atoms with van der Waals surface area (Å²) in [7, 11) is 0. The maximum Gasteiger partial charge on any atom is 0.0974 e. The molecule has 7 aromatic rings. The third kappa shape index (κ3) is 3.23. The Morgan fingerprint density at radius 3 is 2.14 bits per heavy atom. The molecule has 4 aromatic heterocycles. The van der Waals surface area contributed by atoms with Gasteiger partial charge >= 0.3 is 0 Å². The first-order chi connectivity index (χ1) is 17.7. The highest BCUT2D eigenvalue weighted by atomic mass is 14.8. The van der Waals surface area contributed by atoms with E-state index in [0.29, 0.717) is 0 Å². The number of aryl methyl sites for hydroxylation is 2. The number of para-hydroxylation sites is 1. The second-order valence-electron chi connectivity index (χ2n) is 9.25. The van der Waals surface area contributed by atoms with Gasteiger partial charge in [0.15, 0.2) is 0 Å². The molecule has 36 heavy (non-hydrogen) atoms. The molecular weight excluding hydrogens is 440 g/mol. The van der Waals surface area contributed by atoms with Gasteiger partial charge in [-0.25, -0.2) is 4.98 Å². The van der Waals surface area contributed by atoms with Crippen molar-refractivity contribution in [1.29, 1.82) is 0 Å². The molecule has 3 aromatic carbocycles. The molecule has 4 nitrogen and oxygen atoms in total. The molecule has 0 spiro atoms. The molecule has 0 aliphatic rings. The summed E-state index contributed by atoms with van der Waals surface area (Å²) in [5, 5.41) is 5.63. The molecule has 0 radical (unpaired) electrons. The van der Waals surface area contributed by atoms with Gasteiger partial charge < -0.3 is 0 Å². The highest BCUT2D eigenvalue weighted by Gasteiger charge is 2.14. The third-order valence-electron chi connectivity index (χ3n) is 6.83. The number of nitrogens with zero attached hydrogens (tertiary/aromatic N) is 4. The maximum absolute atomic E-state index is 5.00. The van der Waals surface area contributed by atoms with Gasteiger partial charge in [-0.15, -0.1) is 0 Å². The van der Waals surface area contributed by atoms with Crippen LogP contribution in [-0.2, 0) is 0 Å². The molecule has 0 N–H and O–H groups in total. The maximum atomic E-state index is 5.00. The zero-order valence-electron chi connectivity index (χ0n) is 20.0. The quantitative estimate of drug-likeness (QED) is 0.246. The standard InChI is InChI=1S/C32H22N4/c1-19-11-12-21-13-15-26-27(17-20(2)35-32(26)30(21)34-19)22-14-16-29(33-18-22)31-25-9-4-3-7-23(25)24-8-5-6-10-28(24)36-31/h3-18H,1-2H3. The van der Waals surface area contributed by atoms with Crippen LogP contribution in [0.4, 0.5) is 0 Å². The van der Waals surface area contributed by atoms with Crippen LogP contribution < -0.4 is 0 Å². The predicted molar refractivity (Wildman–Crippen MR) is 148 cm³/mol. The minimum Gasteiger partial charge on any atom is -0.254 e. The van der Waals surface area contributed by atoms with Crippen molar-refractivity contribution in [2.24, 2.45) is 0 Å². The van der Waals surface area contributed by atoms with Crippen LogP contribution in [0.2, 0.25) is 0 Å². The molecule has 0 atom stereocenters. The predicted octanol–water partition coefficient (Wildman–Crippen LogP) is 7.83. The summed E-state index contributed by atoms with van der Waals surface area (Å²) in [5.41, 5.74) is 8.70. The molecule has 0 aliphatic heterocycles. The third-order valence-corrected chi connectivity index (χ3v) is 6.83. The molecule has 4 heteroatoms. The smallest absolute Gasteiger partial charge is 0.0974 e. The van der Waals surface area contributed by atoms with Gasteiger partial charge in [-0.2, -0.15) is 0 Å². The Kier molecular flexibility index (Phi) is 4.55. The normalized spacial score (nSPS) is 11.6. The van der Waals surface area contributed by atoms with Gasteiger partial charge in [0, 0.05) is 44.7 Å². The number of benzene rings is 3. The SMILES string of the molecule is Cc1ccc2ccc3c(-c4ccc(-c5nc6ccccc6c6ccccc56)nc4)cc(C)nc3c2n1. The zero-order chi connectivity index (χ0) is 24.2. The van der Waals surface area contributed by atoms with Gasteiger partial charge in [0.2, 0.25) is 0 Å². The summed E-state index contributed by atoms with van der Waals surface area (Å²) in [4.78, 5) is 19.6. The van der Waals surface area contributed by atoms with E-state index in [1.165, 1.54) is 5.39 Å². The van der Waals surface area contributed by atoms with Crippen molar-refractivity contribution in [3.05, 3.63) is 109 Å². The number of rotatable bonds is 2. The topological polar surface area (TPSA) is 51.6 Å². The van der Waals surface area contributed by atoms with E-state index in [4.69, 9.17) is 19.9 Å². The van der Waals surface area contributed by atoms with Gasteiger partial charge in [-0.3, -0.25) is 15.0 Å². The minimum absolute atomic E-state index is 0.860. The Balaban J connectivity index is 1.41. The Morgan fingerprint density at radius 1 is 0.556 bits per heavy atom. The van der Waals surface area contributed by atoms with Crippen molar-refractivity contribution in [3.8, 4) is 22.5 Å². The van der Waals surface area contributed by atoms with Crippen molar-refractivity contribution in [1.82, 2.24) is 19.9 Å². The lowest BCUT2D eigenvalue weighted by molar-refractivity contribution is 1.23. The molecule has 0 saturated heterocycles. The molecule has 0 fully saturated rings. The summed E-state index contributed by atoms with van der Waals surface area (Å²) in [5.74, 6) is 0. The van der Waals surface area contributed by atoms with E-state index in [1.54, 1.807) is 0 Å². The average molecular weight is 463 g/mol. The highest BCUT2D eigenvalue weighted by Crippen LogP contribution is 2.35. The molecule has 0 amide bonds. The van der Waals surface area contributed by atoms with Crippen LogP contribution >= 0.6 is 0 Å². The number of hydrogen-bond donors (Lipinski definition) is 0. The second-order valence-corrected chi connectivity index (χ2v) is 9.25. The van der Waals surface area contributed by atoms with Crippen molar-refractivity contribution >= 4 is 43.5 Å². The van der Waals surface area contributed by atoms with Crippen molar-refractivity contribution in [2.75, 3.05) is 0 Å². The Hall–Kier alpha value is -4.70. The molecule has 0 saturated carbocycles. The number of fused-ring (bicyclic) bond motifs is 6. The van der Waals surface area contributed by atoms with Crippen LogP contribution in [0.1, 0.15) is 11.4 Å². The fourth-order valence-corrected chi connectivity index (χ4v) is 5.13. The van der Waals surface area contributed by atoms with E-state index in [-0.39, 0.29) is 0 Å². The van der Waals surface area contributed by atoms with Crippen molar-refractivity contribution in [2.45, 2.75) is 13.8 Å². The molecule has 170 valence electrons. The minimum atomic E-state index is 0.860. The fraction of sp³-hybridized carbons (Fsp3) is 0.0625. The number of hydrogen-bond acceptors (Lipinski definition) is 4. The van der Waals surface area contributed by atoms with Gasteiger partial charge in [0.05, 0.1) is 27.9 Å². The lowest BCUT2D eigenvalue weighted by Crippen LogP contribution is -1.94. The highest BCUT2D eigenvalue weighted by molar-refractivity contribution is 6.11. The first-order valence-electron chi connectivity index (χ1n) is 12.1. The van der Waals surface area contributed by atoms with E-state index in [2.05, 4.69) is 78.9 Å². The lowest BCUT2D eigenvalue weighted by Gasteiger charge is -2.12. The van der Waals surface area contributed by atoms with Crippen LogP contribution in [0, 0.1) is 13.8 Å². The fourth-order valence-electron chi connectivity index (χ4n) is 5.13. The molecule has 0 aliphatic carbocycles. The first-order valence-corrected chi connectivity index (χ1v) is 12.1. The Labute approximate surface area is 208 Å². The summed E-state index contributed by atoms with van der Waals surface area (Å²) >= 11 is 0. The molecule has 0 bridgehead atoms. The zero-order valence-corrected chi connectivity index (χ0v) is 20.0. The lowest BCUT2D eigenvalue weighted by atomic mass is 9.98. The molecule has 4 heterocycles. The second kappa shape index (κ2) is 7.92. The van der Waals surface area contributed by atoms with Gasteiger partial charge in [0.25, 0.3) is 0 Å². The number of pyridine rings is 4. The summed E-state index contributed by atoms with van der Waals surface area (Å²) < 4.78 is 0. The van der Waals surface area contributed by atoms with Crippen LogP contribution in [0.15, 0.2) is 97.2 Å². The van der Waals surface area contributed by atoms with Gasteiger partial charge in [-0.05, 0) is 49.1 Å². The average Bonchev–Trinajstić information content (AvgIpc) is 2.92. The van der Waals surface area contributed by atoms with E-state index < -0.39 is 0 Å². The summed E-state index contributed by atoms with van der Waals surface area (Å²) in [6, 6.07) is 31.4. The van der Waals surface area contributed by atoms with Gasteiger partial charge in [0.1, 0.15) is 0 Å². The van der Waals surface area contributed by atoms with E-state index in [0.717, 1.165) is 72.0 Å². The molecule has 0 unspecified atom stereocenters. The van der Waals surface area contributed by atoms with E-state index in [1.807, 2.05) is 32.2 Å². The Bertz CT molecular complexity index is 1960. The molecular formula is C32H22N4. The Morgan fingerprint density at radius 2 is 1.31 bits per heavy atom. The first kappa shape index (κ1) is 20.7.